The average molecular weight is 570 g/mol. The van der Waals surface area contributed by atoms with Gasteiger partial charge in [0.1, 0.15) is 0 Å². The van der Waals surface area contributed by atoms with Crippen LogP contribution in [0.4, 0.5) is 0 Å². The fourth-order valence-electron chi connectivity index (χ4n) is 2.08. The summed E-state index contributed by atoms with van der Waals surface area (Å²) in [5.74, 6) is 1.27. The van der Waals surface area contributed by atoms with E-state index in [1.54, 1.807) is 24.5 Å². The summed E-state index contributed by atoms with van der Waals surface area (Å²) in [5.41, 5.74) is 0. The van der Waals surface area contributed by atoms with Crippen molar-refractivity contribution in [3.05, 3.63) is 72.9 Å². The molecule has 3 aromatic rings. The van der Waals surface area contributed by atoms with E-state index in [2.05, 4.69) is 16.2 Å². The second-order valence-corrected chi connectivity index (χ2v) is 6.87. The van der Waals surface area contributed by atoms with Crippen LogP contribution in [-0.4, -0.2) is 20.9 Å². The maximum Gasteiger partial charge on any atom is 0.217 e. The quantitative estimate of drug-likeness (QED) is 0.249. The Morgan fingerprint density at radius 1 is 1.07 bits per heavy atom. The molecule has 29 heavy (non-hydrogen) atoms. The van der Waals surface area contributed by atoms with Gasteiger partial charge in [-0.3, -0.25) is 4.79 Å². The summed E-state index contributed by atoms with van der Waals surface area (Å²) in [5, 5.41) is 11.4. The average Bonchev–Trinajstić information content (AvgIpc) is 2.69. The van der Waals surface area contributed by atoms with Gasteiger partial charge in [-0.05, 0) is 11.6 Å². The Morgan fingerprint density at radius 3 is 2.34 bits per heavy atom. The maximum absolute atomic E-state index is 11.0. The largest absolute Gasteiger partial charge is 0.512 e. The number of aliphatic hydroxyl groups is 1. The van der Waals surface area contributed by atoms with Gasteiger partial charge < -0.3 is 14.8 Å². The van der Waals surface area contributed by atoms with Gasteiger partial charge in [0, 0.05) is 61.4 Å². The van der Waals surface area contributed by atoms with Crippen molar-refractivity contribution >= 4 is 16.6 Å². The third-order valence-corrected chi connectivity index (χ3v) is 3.85. The number of carbonyl (C=O) groups excluding carboxylic acids is 1. The number of hydrogen-bond acceptors (Lipinski definition) is 5. The number of allylic oxidation sites excluding steroid dienone is 2. The summed E-state index contributed by atoms with van der Waals surface area (Å²) >= 11 is 0. The van der Waals surface area contributed by atoms with Crippen molar-refractivity contribution in [2.24, 2.45) is 11.8 Å². The smallest absolute Gasteiger partial charge is 0.217 e. The van der Waals surface area contributed by atoms with Crippen molar-refractivity contribution in [2.75, 3.05) is 0 Å². The summed E-state index contributed by atoms with van der Waals surface area (Å²) in [6, 6.07) is 13.5. The predicted molar refractivity (Wildman–Crippen MR) is 110 cm³/mol. The summed E-state index contributed by atoms with van der Waals surface area (Å²) in [7, 11) is 0. The van der Waals surface area contributed by atoms with Crippen molar-refractivity contribution in [1.29, 1.82) is 0 Å². The molecule has 0 amide bonds. The van der Waals surface area contributed by atoms with Gasteiger partial charge in [-0.2, -0.15) is 6.07 Å². The Balaban J connectivity index is 0.000000310. The Labute approximate surface area is 185 Å². The van der Waals surface area contributed by atoms with Gasteiger partial charge in [-0.15, -0.1) is 6.07 Å². The van der Waals surface area contributed by atoms with Gasteiger partial charge in [-0.1, -0.05) is 58.2 Å². The van der Waals surface area contributed by atoms with Gasteiger partial charge in [0.2, 0.25) is 5.88 Å². The van der Waals surface area contributed by atoms with E-state index in [9.17, 15) is 9.90 Å². The van der Waals surface area contributed by atoms with E-state index in [0.29, 0.717) is 11.6 Å². The number of rotatable bonds is 5. The summed E-state index contributed by atoms with van der Waals surface area (Å²) in [4.78, 5) is 19.1. The van der Waals surface area contributed by atoms with Gasteiger partial charge in [0.05, 0.1) is 5.76 Å². The molecular weight excluding hydrogens is 544 g/mol. The standard InChI is InChI=1S/C14H9N2O.C9H16O2.Ir/c1-2-5-12-9-16-14(8-11(12)4-1)17-13-6-3-7-15-10-13;1-6(2)8(10)5-9(11)7(3)4;/h1-9H;5-7,10H,1-4H3;/q-1;;/b;8-5-;. The van der Waals surface area contributed by atoms with Crippen LogP contribution < -0.4 is 4.74 Å². The van der Waals surface area contributed by atoms with Crippen LogP contribution in [-0.2, 0) is 24.9 Å². The van der Waals surface area contributed by atoms with Gasteiger partial charge in [0.25, 0.3) is 0 Å². The normalized spacial score (nSPS) is 10.9. The van der Waals surface area contributed by atoms with Crippen molar-refractivity contribution in [1.82, 2.24) is 9.97 Å². The van der Waals surface area contributed by atoms with Gasteiger partial charge in [0.15, 0.2) is 5.78 Å². The van der Waals surface area contributed by atoms with E-state index in [1.165, 1.54) is 6.08 Å². The van der Waals surface area contributed by atoms with Crippen molar-refractivity contribution in [3.8, 4) is 11.6 Å². The molecule has 6 heteroatoms. The first kappa shape index (κ1) is 24.5. The molecule has 0 fully saturated rings. The Morgan fingerprint density at radius 2 is 1.76 bits per heavy atom. The van der Waals surface area contributed by atoms with Crippen molar-refractivity contribution < 1.29 is 34.7 Å². The van der Waals surface area contributed by atoms with E-state index >= 15 is 0 Å². The number of fused-ring (bicyclic) bond motifs is 1. The minimum absolute atomic E-state index is 0. The zero-order valence-corrected chi connectivity index (χ0v) is 19.3. The first-order valence-corrected chi connectivity index (χ1v) is 9.16. The van der Waals surface area contributed by atoms with Crippen LogP contribution in [0.3, 0.4) is 0 Å². The van der Waals surface area contributed by atoms with Crippen LogP contribution in [0.5, 0.6) is 11.6 Å². The molecule has 0 saturated heterocycles. The van der Waals surface area contributed by atoms with Crippen LogP contribution in [0.15, 0.2) is 66.7 Å². The number of ether oxygens (including phenoxy) is 1. The number of carbonyl (C=O) groups is 1. The van der Waals surface area contributed by atoms with Gasteiger partial charge >= 0.3 is 0 Å². The third-order valence-electron chi connectivity index (χ3n) is 3.85. The predicted octanol–water partition coefficient (Wildman–Crippen LogP) is 5.53. The van der Waals surface area contributed by atoms with Crippen LogP contribution in [0.2, 0.25) is 0 Å². The molecule has 1 radical (unpaired) electrons. The summed E-state index contributed by atoms with van der Waals surface area (Å²) in [6.45, 7) is 7.32. The molecule has 1 aromatic carbocycles. The van der Waals surface area contributed by atoms with E-state index in [-0.39, 0.29) is 43.5 Å². The van der Waals surface area contributed by atoms with Crippen molar-refractivity contribution in [3.63, 3.8) is 0 Å². The van der Waals surface area contributed by atoms with Gasteiger partial charge in [-0.25, -0.2) is 4.98 Å². The molecule has 0 spiro atoms. The zero-order valence-electron chi connectivity index (χ0n) is 16.9. The first-order valence-electron chi connectivity index (χ1n) is 9.16. The molecule has 2 aromatic heterocycles. The number of nitrogens with zero attached hydrogens (tertiary/aromatic N) is 2. The van der Waals surface area contributed by atoms with Crippen molar-refractivity contribution in [2.45, 2.75) is 27.7 Å². The topological polar surface area (TPSA) is 72.3 Å². The second kappa shape index (κ2) is 12.1. The molecular formula is C23H25IrN2O3-. The molecule has 0 saturated carbocycles. The monoisotopic (exact) mass is 570 g/mol. The van der Waals surface area contributed by atoms with Crippen LogP contribution in [0.25, 0.3) is 10.8 Å². The molecule has 3 rings (SSSR count). The van der Waals surface area contributed by atoms with E-state index < -0.39 is 0 Å². The van der Waals surface area contributed by atoms with Crippen LogP contribution >= 0.6 is 0 Å². The van der Waals surface area contributed by atoms with E-state index in [0.717, 1.165) is 10.8 Å². The second-order valence-electron chi connectivity index (χ2n) is 6.87. The number of hydrogen-bond donors (Lipinski definition) is 1. The summed E-state index contributed by atoms with van der Waals surface area (Å²) in [6.07, 6.45) is 7.51. The fraction of sp³-hybridized carbons (Fsp3) is 0.261. The Hall–Kier alpha value is -2.56. The molecule has 0 aliphatic heterocycles. The molecule has 0 bridgehead atoms. The number of ketones is 1. The number of pyridine rings is 2. The Bertz CT molecular complexity index is 941. The SMILES string of the molecule is CC(C)C(=O)/C=C(\O)C(C)C.[Ir].[c-]1ncccc1Oc1cc2ccccc2cn1. The molecule has 0 aliphatic carbocycles. The Kier molecular flexibility index (Phi) is 10.2. The van der Waals surface area contributed by atoms with E-state index in [4.69, 9.17) is 4.74 Å². The van der Waals surface area contributed by atoms with Crippen LogP contribution in [0, 0.1) is 18.0 Å². The zero-order chi connectivity index (χ0) is 20.5. The minimum Gasteiger partial charge on any atom is -0.512 e. The molecule has 5 nitrogen and oxygen atoms in total. The molecule has 0 aliphatic rings. The van der Waals surface area contributed by atoms with E-state index in [1.807, 2.05) is 58.0 Å². The molecule has 0 unspecified atom stereocenters. The molecule has 155 valence electrons. The molecule has 0 atom stereocenters. The summed E-state index contributed by atoms with van der Waals surface area (Å²) < 4.78 is 5.56. The fourth-order valence-corrected chi connectivity index (χ4v) is 2.08. The molecule has 1 N–H and O–H groups in total. The number of aromatic nitrogens is 2. The number of aliphatic hydroxyl groups excluding tert-OH is 1. The minimum atomic E-state index is -0.0316. The maximum atomic E-state index is 11.0. The van der Waals surface area contributed by atoms with Crippen LogP contribution in [0.1, 0.15) is 27.7 Å². The third kappa shape index (κ3) is 8.14. The number of benzene rings is 1. The first-order chi connectivity index (χ1) is 13.4. The molecule has 2 heterocycles.